The summed E-state index contributed by atoms with van der Waals surface area (Å²) in [7, 11) is 9.40. The second-order valence-electron chi connectivity index (χ2n) is 19.6. The summed E-state index contributed by atoms with van der Waals surface area (Å²) in [6.07, 6.45) is 0.630. The van der Waals surface area contributed by atoms with Crippen LogP contribution >= 0.6 is 58.0 Å². The average molecular weight is 1340 g/mol. The second kappa shape index (κ2) is 32.6. The topological polar surface area (TPSA) is 361 Å². The van der Waals surface area contributed by atoms with Crippen LogP contribution < -0.4 is 44.3 Å². The highest BCUT2D eigenvalue weighted by Gasteiger charge is 2.39. The Kier molecular flexibility index (Phi) is 27.0. The van der Waals surface area contributed by atoms with Gasteiger partial charge in [0.25, 0.3) is 11.4 Å². The number of hydrogen-bond acceptors (Lipinski definition) is 23. The summed E-state index contributed by atoms with van der Waals surface area (Å²) in [5.41, 5.74) is 4.36. The van der Waals surface area contributed by atoms with E-state index in [1.165, 1.54) is 105 Å². The number of nitrogen functional groups attached to an aromatic ring is 1. The number of esters is 1. The van der Waals surface area contributed by atoms with Crippen molar-refractivity contribution in [2.75, 3.05) is 75.0 Å². The van der Waals surface area contributed by atoms with Crippen LogP contribution in [0.2, 0.25) is 25.2 Å². The van der Waals surface area contributed by atoms with Gasteiger partial charge in [-0.05, 0) is 66.2 Å². The van der Waals surface area contributed by atoms with Crippen LogP contribution in [0.1, 0.15) is 68.7 Å². The lowest BCUT2D eigenvalue weighted by atomic mass is 10.0. The van der Waals surface area contributed by atoms with E-state index in [0.29, 0.717) is 21.1 Å². The van der Waals surface area contributed by atoms with Gasteiger partial charge in [0.1, 0.15) is 101 Å². The number of hydrogen-bond donors (Lipinski definition) is 1. The zero-order chi connectivity index (χ0) is 67.6. The van der Waals surface area contributed by atoms with Crippen molar-refractivity contribution in [2.45, 2.75) is 66.1 Å². The van der Waals surface area contributed by atoms with Gasteiger partial charge in [-0.15, -0.1) is 0 Å². The lowest BCUT2D eigenvalue weighted by Gasteiger charge is -2.30. The Labute approximate surface area is 533 Å². The van der Waals surface area contributed by atoms with E-state index < -0.39 is 51.3 Å². The van der Waals surface area contributed by atoms with Gasteiger partial charge in [0.05, 0.1) is 56.7 Å². The number of carbonyl (C=O) groups is 5. The predicted octanol–water partition coefficient (Wildman–Crippen LogP) is 12.4. The number of anilines is 5. The van der Waals surface area contributed by atoms with Gasteiger partial charge in [0.15, 0.2) is 0 Å². The van der Waals surface area contributed by atoms with Crippen molar-refractivity contribution in [3.63, 3.8) is 0 Å². The van der Waals surface area contributed by atoms with Crippen LogP contribution in [0.3, 0.4) is 0 Å². The third-order valence-corrected chi connectivity index (χ3v) is 12.8. The average Bonchev–Trinajstić information content (AvgIpc) is 1.29. The summed E-state index contributed by atoms with van der Waals surface area (Å²) in [6, 6.07) is 12.5. The molecule has 0 aliphatic rings. The highest BCUT2D eigenvalue weighted by Crippen LogP contribution is 2.48. The molecule has 0 unspecified atom stereocenters. The molecule has 34 heteroatoms. The molecule has 0 aliphatic heterocycles. The summed E-state index contributed by atoms with van der Waals surface area (Å²) >= 11 is 31.9. The number of nitrogens with two attached hydrogens (primary N) is 1. The Hall–Kier alpha value is -9.38. The summed E-state index contributed by atoms with van der Waals surface area (Å²) in [6.45, 7) is 11.6. The molecule has 0 aliphatic carbocycles. The molecule has 0 fully saturated rings. The number of carbonyl (C=O) groups excluding carboxylic acids is 7. The number of halogens is 5. The van der Waals surface area contributed by atoms with Gasteiger partial charge in [-0.1, -0.05) is 70.1 Å². The molecule has 476 valence electrons. The van der Waals surface area contributed by atoms with Crippen molar-refractivity contribution in [1.29, 1.82) is 0 Å². The first-order valence-electron chi connectivity index (χ1n) is 25.0. The van der Waals surface area contributed by atoms with Gasteiger partial charge >= 0.3 is 36.4 Å². The summed E-state index contributed by atoms with van der Waals surface area (Å²) < 4.78 is 36.4. The van der Waals surface area contributed by atoms with Gasteiger partial charge < -0.3 is 38.9 Å². The van der Waals surface area contributed by atoms with Crippen LogP contribution in [0.15, 0.2) is 73.3 Å². The van der Waals surface area contributed by atoms with Crippen LogP contribution in [0.5, 0.6) is 23.0 Å². The van der Waals surface area contributed by atoms with Crippen molar-refractivity contribution < 1.29 is 76.6 Å². The molecule has 0 radical (unpaired) electrons. The summed E-state index contributed by atoms with van der Waals surface area (Å²) in [5.74, 6) is 0.0325. The number of methoxy groups -OCH3 is 5. The quantitative estimate of drug-likeness (QED) is 0.0280. The minimum absolute atomic E-state index is 0.0163. The largest absolute Gasteiger partial charge is 0.495 e. The lowest BCUT2D eigenvalue weighted by molar-refractivity contribution is -0.385. The van der Waals surface area contributed by atoms with Crippen molar-refractivity contribution >= 4 is 134 Å². The molecule has 4 aromatic carbocycles. The number of aromatic nitrogens is 4. The molecule has 29 nitrogen and oxygen atoms in total. The number of nitro groups is 2. The second-order valence-corrected chi connectivity index (χ2v) is 21.5. The van der Waals surface area contributed by atoms with E-state index in [2.05, 4.69) is 24.7 Å². The van der Waals surface area contributed by atoms with E-state index in [1.54, 1.807) is 60.6 Å². The number of imide groups is 2. The maximum Gasteiger partial charge on any atom is 0.423 e. The number of ether oxygens (including phenoxy) is 7. The minimum atomic E-state index is -1.07. The molecular formula is C55H58Cl5N11O18. The third-order valence-electron chi connectivity index (χ3n) is 11.1. The van der Waals surface area contributed by atoms with Gasteiger partial charge in [-0.2, -0.15) is 19.4 Å². The lowest BCUT2D eigenvalue weighted by Crippen LogP contribution is -2.47. The van der Waals surface area contributed by atoms with E-state index >= 15 is 0 Å². The van der Waals surface area contributed by atoms with Crippen molar-refractivity contribution in [3.05, 3.63) is 141 Å². The van der Waals surface area contributed by atoms with E-state index in [-0.39, 0.29) is 106 Å². The first kappa shape index (κ1) is 73.9. The van der Waals surface area contributed by atoms with Crippen LogP contribution in [-0.4, -0.2) is 127 Å². The molecule has 0 atom stereocenters. The Balaban J connectivity index is 0.000000377. The monoisotopic (exact) mass is 1340 g/mol. The molecule has 6 rings (SSSR count). The molecule has 6 aromatic rings. The number of urea groups is 2. The van der Waals surface area contributed by atoms with E-state index in [9.17, 15) is 44.2 Å². The number of aryl methyl sites for hydroxylation is 1. The van der Waals surface area contributed by atoms with Crippen LogP contribution in [0, 0.1) is 27.2 Å². The molecule has 6 amide bonds. The summed E-state index contributed by atoms with van der Waals surface area (Å²) in [5, 5.41) is 21.7. The fraction of sp³-hybridized carbons (Fsp3) is 0.309. The van der Waals surface area contributed by atoms with E-state index in [4.69, 9.17) is 102 Å². The minimum Gasteiger partial charge on any atom is -0.495 e. The first-order valence-corrected chi connectivity index (χ1v) is 26.9. The Morgan fingerprint density at radius 2 is 0.989 bits per heavy atom. The standard InChI is InChI=1S/C27H29Cl2N5O7.C19H21Cl3N4O5.C8H8N2O4.CO2/c1-15-8-9-16(18(10-15)34(37)38)11-17-12-21(31-14-30-17)32(5)25(35)33(26(36)41-27(2,3)4)24-22(28)19(39-6)13-20(40-7)23(24)29;1-19(2,3)31-18(28)26(17(27)25(4)13-8-12(20)23-9-24-13)16-14(21)10(29-5)7-11(30-6)15(16)22;1-14-8(11)5-2-3-6(9)7(4-5)10(12)13;2-1-3/h8-10,12-14H,11H2,1-7H3;7-9H,1-6H3;2-4H,9H2,1H3;. The van der Waals surface area contributed by atoms with Crippen molar-refractivity contribution in [3.8, 4) is 23.0 Å². The molecule has 2 N–H and O–H groups in total. The molecule has 89 heavy (non-hydrogen) atoms. The normalized spacial score (nSPS) is 10.5. The highest BCUT2D eigenvalue weighted by molar-refractivity contribution is 6.44. The molecule has 2 aromatic heterocycles. The fourth-order valence-corrected chi connectivity index (χ4v) is 8.57. The van der Waals surface area contributed by atoms with Crippen LogP contribution in [-0.2, 0) is 30.2 Å². The molecule has 0 bridgehead atoms. The first-order chi connectivity index (χ1) is 41.6. The number of amides is 6. The van der Waals surface area contributed by atoms with Crippen molar-refractivity contribution in [1.82, 2.24) is 19.9 Å². The van der Waals surface area contributed by atoms with E-state index in [1.807, 2.05) is 0 Å². The third kappa shape index (κ3) is 19.8. The SMILES string of the molecule is COC(=O)c1ccc(N)c([N+](=O)[O-])c1.COc1cc(OC)c(Cl)c(N(C(=O)OC(C)(C)C)C(=O)N(C)c2cc(Cc3ccc(C)cc3[N+](=O)[O-])ncn2)c1Cl.COc1cc(OC)c(Cl)c(N(C(=O)OC(C)(C)C)C(=O)N(C)c2cc(Cl)ncn2)c1Cl.O=C=O. The highest BCUT2D eigenvalue weighted by atomic mass is 35.5. The number of nitrogens with zero attached hydrogens (tertiary/aromatic N) is 10. The number of benzene rings is 4. The Bertz CT molecular complexity index is 3600. The zero-order valence-electron chi connectivity index (χ0n) is 49.9. The Morgan fingerprint density at radius 1 is 0.584 bits per heavy atom. The Morgan fingerprint density at radius 3 is 1.36 bits per heavy atom. The molecule has 0 spiro atoms. The van der Waals surface area contributed by atoms with Gasteiger partial charge in [-0.3, -0.25) is 30.0 Å². The van der Waals surface area contributed by atoms with Crippen LogP contribution in [0.4, 0.5) is 59.3 Å². The fourth-order valence-electron chi connectivity index (χ4n) is 7.09. The molecular weight excluding hydrogens is 1280 g/mol. The smallest absolute Gasteiger partial charge is 0.423 e. The summed E-state index contributed by atoms with van der Waals surface area (Å²) in [4.78, 5) is 122. The maximum absolute atomic E-state index is 13.9. The van der Waals surface area contributed by atoms with Crippen molar-refractivity contribution in [2.24, 2.45) is 0 Å². The molecule has 0 saturated carbocycles. The number of rotatable bonds is 13. The van der Waals surface area contributed by atoms with Gasteiger partial charge in [0, 0.05) is 62.5 Å². The van der Waals surface area contributed by atoms with Gasteiger partial charge in [0.2, 0.25) is 0 Å². The maximum atomic E-state index is 13.9. The predicted molar refractivity (Wildman–Crippen MR) is 328 cm³/mol. The molecule has 0 saturated heterocycles. The number of nitro benzene ring substituents is 2. The van der Waals surface area contributed by atoms with Gasteiger partial charge in [-0.25, -0.2) is 43.9 Å². The van der Waals surface area contributed by atoms with E-state index in [0.717, 1.165) is 21.4 Å². The zero-order valence-corrected chi connectivity index (χ0v) is 53.7. The molecule has 2 heterocycles. The van der Waals surface area contributed by atoms with Crippen LogP contribution in [0.25, 0.3) is 0 Å².